The van der Waals surface area contributed by atoms with E-state index in [1.54, 1.807) is 0 Å². The molecule has 0 fully saturated rings. The lowest BCUT2D eigenvalue weighted by Crippen LogP contribution is -2.35. The number of sulfonamides is 1. The van der Waals surface area contributed by atoms with E-state index in [0.717, 1.165) is 4.31 Å². The molecule has 1 aromatic rings. The highest BCUT2D eigenvalue weighted by molar-refractivity contribution is 7.89. The van der Waals surface area contributed by atoms with Crippen LogP contribution in [0.3, 0.4) is 0 Å². The Balaban J connectivity index is 2.65. The molecule has 0 aliphatic rings. The molecule has 0 heterocycles. The molecule has 1 amide bonds. The molecule has 1 aromatic carbocycles. The Labute approximate surface area is 117 Å². The highest BCUT2D eigenvalue weighted by Crippen LogP contribution is 2.09. The second kappa shape index (κ2) is 6.49. The van der Waals surface area contributed by atoms with Gasteiger partial charge in [0, 0.05) is 12.7 Å². The third-order valence-electron chi connectivity index (χ3n) is 2.62. The van der Waals surface area contributed by atoms with Gasteiger partial charge in [-0.15, -0.1) is 0 Å². The minimum atomic E-state index is -3.41. The van der Waals surface area contributed by atoms with E-state index < -0.39 is 21.9 Å². The Morgan fingerprint density at radius 3 is 2.25 bits per heavy atom. The number of hydrogen-bond acceptors (Lipinski definition) is 4. The number of anilines is 1. The molecule has 0 bridgehead atoms. The van der Waals surface area contributed by atoms with Gasteiger partial charge in [0.1, 0.15) is 0 Å². The second-order valence-electron chi connectivity index (χ2n) is 4.09. The van der Waals surface area contributed by atoms with Crippen LogP contribution >= 0.6 is 0 Å². The summed E-state index contributed by atoms with van der Waals surface area (Å²) >= 11 is 0. The van der Waals surface area contributed by atoms with Crippen LogP contribution in [0, 0.1) is 0 Å². The van der Waals surface area contributed by atoms with Gasteiger partial charge in [-0.1, -0.05) is 0 Å². The first-order chi connectivity index (χ1) is 9.26. The van der Waals surface area contributed by atoms with E-state index in [2.05, 4.69) is 5.32 Å². The third kappa shape index (κ3) is 4.32. The lowest BCUT2D eigenvalue weighted by molar-refractivity contribution is -0.116. The maximum Gasteiger partial charge on any atom is 0.335 e. The molecule has 2 N–H and O–H groups in total. The molecule has 0 unspecified atom stereocenters. The molecule has 110 valence electrons. The predicted octanol–water partition coefficient (Wildman–Crippen LogP) is 0.605. The average Bonchev–Trinajstić information content (AvgIpc) is 2.39. The van der Waals surface area contributed by atoms with E-state index in [9.17, 15) is 18.0 Å². The van der Waals surface area contributed by atoms with Crippen LogP contribution in [0.5, 0.6) is 0 Å². The molecule has 8 heteroatoms. The zero-order chi connectivity index (χ0) is 15.3. The molecule has 0 saturated carbocycles. The fourth-order valence-corrected chi connectivity index (χ4v) is 2.17. The summed E-state index contributed by atoms with van der Waals surface area (Å²) in [6.45, 7) is 1.20. The van der Waals surface area contributed by atoms with Gasteiger partial charge in [0.2, 0.25) is 15.9 Å². The van der Waals surface area contributed by atoms with Gasteiger partial charge in [0.15, 0.2) is 0 Å². The highest BCUT2D eigenvalue weighted by Gasteiger charge is 2.18. The Morgan fingerprint density at radius 1 is 1.25 bits per heavy atom. The summed E-state index contributed by atoms with van der Waals surface area (Å²) in [5, 5.41) is 11.2. The quantitative estimate of drug-likeness (QED) is 0.801. The van der Waals surface area contributed by atoms with Crippen molar-refractivity contribution >= 4 is 27.6 Å². The van der Waals surface area contributed by atoms with Gasteiger partial charge >= 0.3 is 5.97 Å². The molecule has 0 atom stereocenters. The van der Waals surface area contributed by atoms with Crippen LogP contribution in [-0.2, 0) is 14.8 Å². The van der Waals surface area contributed by atoms with Crippen LogP contribution in [0.25, 0.3) is 0 Å². The Hall–Kier alpha value is -1.93. The van der Waals surface area contributed by atoms with Crippen molar-refractivity contribution in [1.29, 1.82) is 0 Å². The monoisotopic (exact) mass is 300 g/mol. The number of benzene rings is 1. The van der Waals surface area contributed by atoms with Gasteiger partial charge in [0.25, 0.3) is 0 Å². The number of nitrogens with one attached hydrogen (secondary N) is 1. The van der Waals surface area contributed by atoms with Crippen LogP contribution in [-0.4, -0.2) is 49.1 Å². The van der Waals surface area contributed by atoms with Crippen LogP contribution in [0.15, 0.2) is 24.3 Å². The number of carboxylic acids is 1. The van der Waals surface area contributed by atoms with Crippen LogP contribution in [0.2, 0.25) is 0 Å². The van der Waals surface area contributed by atoms with Gasteiger partial charge in [-0.3, -0.25) is 4.79 Å². The molecule has 0 aliphatic heterocycles. The van der Waals surface area contributed by atoms with Gasteiger partial charge in [-0.25, -0.2) is 13.2 Å². The van der Waals surface area contributed by atoms with Crippen molar-refractivity contribution in [2.75, 3.05) is 24.7 Å². The lowest BCUT2D eigenvalue weighted by Gasteiger charge is -2.15. The van der Waals surface area contributed by atoms with Crippen LogP contribution in [0.4, 0.5) is 5.69 Å². The predicted molar refractivity (Wildman–Crippen MR) is 74.1 cm³/mol. The van der Waals surface area contributed by atoms with E-state index in [0.29, 0.717) is 5.69 Å². The summed E-state index contributed by atoms with van der Waals surface area (Å²) in [6.07, 6.45) is 0. The number of aromatic carboxylic acids is 1. The number of amides is 1. The van der Waals surface area contributed by atoms with Crippen LogP contribution in [0.1, 0.15) is 17.3 Å². The maximum atomic E-state index is 11.7. The Morgan fingerprint density at radius 2 is 1.80 bits per heavy atom. The summed E-state index contributed by atoms with van der Waals surface area (Å²) in [5.41, 5.74) is 0.510. The van der Waals surface area contributed by atoms with Gasteiger partial charge in [-0.2, -0.15) is 4.31 Å². The van der Waals surface area contributed by atoms with E-state index in [4.69, 9.17) is 5.11 Å². The zero-order valence-corrected chi connectivity index (χ0v) is 12.0. The summed E-state index contributed by atoms with van der Waals surface area (Å²) < 4.78 is 23.9. The fraction of sp³-hybridized carbons (Fsp3) is 0.333. The molecule has 0 aliphatic carbocycles. The number of rotatable bonds is 6. The number of nitrogens with zero attached hydrogens (tertiary/aromatic N) is 1. The van der Waals surface area contributed by atoms with E-state index >= 15 is 0 Å². The molecule has 7 nitrogen and oxygen atoms in total. The average molecular weight is 300 g/mol. The second-order valence-corrected chi connectivity index (χ2v) is 6.45. The largest absolute Gasteiger partial charge is 0.478 e. The highest BCUT2D eigenvalue weighted by atomic mass is 32.2. The molecule has 1 rings (SSSR count). The minimum absolute atomic E-state index is 0.0793. The summed E-state index contributed by atoms with van der Waals surface area (Å²) in [7, 11) is -2.08. The van der Waals surface area contributed by atoms with E-state index in [1.807, 2.05) is 0 Å². The molecule has 0 spiro atoms. The first-order valence-corrected chi connectivity index (χ1v) is 7.44. The van der Waals surface area contributed by atoms with Gasteiger partial charge in [0.05, 0.1) is 17.9 Å². The smallest absolute Gasteiger partial charge is 0.335 e. The molecule has 0 aromatic heterocycles. The molecule has 0 radical (unpaired) electrons. The van der Waals surface area contributed by atoms with Crippen molar-refractivity contribution in [3.8, 4) is 0 Å². The van der Waals surface area contributed by atoms with Crippen molar-refractivity contribution in [2.24, 2.45) is 0 Å². The van der Waals surface area contributed by atoms with Crippen molar-refractivity contribution in [1.82, 2.24) is 4.31 Å². The Bertz CT molecular complexity index is 595. The van der Waals surface area contributed by atoms with Gasteiger partial charge < -0.3 is 10.4 Å². The van der Waals surface area contributed by atoms with Gasteiger partial charge in [-0.05, 0) is 31.2 Å². The van der Waals surface area contributed by atoms with Crippen molar-refractivity contribution in [3.05, 3.63) is 29.8 Å². The summed E-state index contributed by atoms with van der Waals surface area (Å²) in [4.78, 5) is 22.3. The lowest BCUT2D eigenvalue weighted by atomic mass is 10.2. The zero-order valence-electron chi connectivity index (χ0n) is 11.2. The number of carboxylic acid groups (broad SMARTS) is 1. The standard InChI is InChI=1S/C12H16N2O5S/c1-3-20(18,19)14(2)8-11(15)13-10-6-4-9(5-7-10)12(16)17/h4-7H,3,8H2,1-2H3,(H,13,15)(H,16,17). The minimum Gasteiger partial charge on any atom is -0.478 e. The molecular formula is C12H16N2O5S. The normalized spacial score (nSPS) is 11.3. The Kier molecular flexibility index (Phi) is 5.23. The van der Waals surface area contributed by atoms with E-state index in [-0.39, 0.29) is 17.9 Å². The van der Waals surface area contributed by atoms with Crippen molar-refractivity contribution in [3.63, 3.8) is 0 Å². The SMILES string of the molecule is CCS(=O)(=O)N(C)CC(=O)Nc1ccc(C(=O)O)cc1. The number of carbonyl (C=O) groups excluding carboxylic acids is 1. The first-order valence-electron chi connectivity index (χ1n) is 5.83. The summed E-state index contributed by atoms with van der Waals surface area (Å²) in [5.74, 6) is -1.63. The third-order valence-corrected chi connectivity index (χ3v) is 4.43. The fourth-order valence-electron chi connectivity index (χ4n) is 1.42. The van der Waals surface area contributed by atoms with Crippen molar-refractivity contribution in [2.45, 2.75) is 6.92 Å². The topological polar surface area (TPSA) is 104 Å². The number of likely N-dealkylation sites (N-methyl/N-ethyl adjacent to an activating group) is 1. The maximum absolute atomic E-state index is 11.7. The molecule has 0 saturated heterocycles. The number of hydrogen-bond donors (Lipinski definition) is 2. The van der Waals surface area contributed by atoms with Crippen molar-refractivity contribution < 1.29 is 23.1 Å². The van der Waals surface area contributed by atoms with E-state index in [1.165, 1.54) is 38.2 Å². The number of carbonyl (C=O) groups is 2. The van der Waals surface area contributed by atoms with Crippen LogP contribution < -0.4 is 5.32 Å². The summed E-state index contributed by atoms with van der Waals surface area (Å²) in [6, 6.07) is 5.58. The molecule has 20 heavy (non-hydrogen) atoms. The first kappa shape index (κ1) is 16.1. The molecular weight excluding hydrogens is 284 g/mol.